The van der Waals surface area contributed by atoms with Crippen molar-refractivity contribution in [3.05, 3.63) is 34.2 Å². The number of hydrogen-bond donors (Lipinski definition) is 1. The van der Waals surface area contributed by atoms with E-state index in [-0.39, 0.29) is 0 Å². The van der Waals surface area contributed by atoms with Crippen LogP contribution in [0.1, 0.15) is 5.56 Å². The number of hydrogen-bond acceptors (Lipinski definition) is 2. The molecular formula is C9H7ClS2. The van der Waals surface area contributed by atoms with E-state index >= 15 is 0 Å². The average molecular weight is 215 g/mol. The first-order valence-corrected chi connectivity index (χ1v) is 5.47. The first-order chi connectivity index (χ1) is 5.81. The number of thiol groups is 1. The van der Waals surface area contributed by atoms with Gasteiger partial charge in [-0.2, -0.15) is 12.6 Å². The van der Waals surface area contributed by atoms with Crippen molar-refractivity contribution in [3.8, 4) is 0 Å². The van der Waals surface area contributed by atoms with Gasteiger partial charge in [0.1, 0.15) is 0 Å². The minimum atomic E-state index is 0.793. The zero-order chi connectivity index (χ0) is 8.55. The minimum Gasteiger partial charge on any atom is -0.174 e. The van der Waals surface area contributed by atoms with Crippen molar-refractivity contribution >= 4 is 45.7 Å². The largest absolute Gasteiger partial charge is 0.174 e. The normalized spacial score (nSPS) is 10.8. The van der Waals surface area contributed by atoms with Gasteiger partial charge in [0, 0.05) is 15.5 Å². The molecule has 1 heterocycles. The number of thiophene rings is 1. The zero-order valence-electron chi connectivity index (χ0n) is 6.25. The summed E-state index contributed by atoms with van der Waals surface area (Å²) in [6.07, 6.45) is 0. The Morgan fingerprint density at radius 3 is 3.00 bits per heavy atom. The smallest absolute Gasteiger partial charge is 0.0420 e. The number of rotatable bonds is 1. The van der Waals surface area contributed by atoms with Crippen LogP contribution in [0.3, 0.4) is 0 Å². The topological polar surface area (TPSA) is 0 Å². The van der Waals surface area contributed by atoms with E-state index in [1.165, 1.54) is 15.6 Å². The summed E-state index contributed by atoms with van der Waals surface area (Å²) < 4.78 is 1.24. The van der Waals surface area contributed by atoms with E-state index < -0.39 is 0 Å². The molecule has 62 valence electrons. The van der Waals surface area contributed by atoms with Gasteiger partial charge in [0.15, 0.2) is 0 Å². The highest BCUT2D eigenvalue weighted by Crippen LogP contribution is 2.29. The molecule has 0 aliphatic heterocycles. The third-order valence-electron chi connectivity index (χ3n) is 1.79. The van der Waals surface area contributed by atoms with Gasteiger partial charge >= 0.3 is 0 Å². The maximum Gasteiger partial charge on any atom is 0.0420 e. The van der Waals surface area contributed by atoms with Crippen molar-refractivity contribution < 1.29 is 0 Å². The van der Waals surface area contributed by atoms with Crippen molar-refractivity contribution in [2.24, 2.45) is 0 Å². The molecule has 2 aromatic rings. The molecule has 1 aromatic carbocycles. The molecule has 3 heteroatoms. The maximum atomic E-state index is 5.86. The summed E-state index contributed by atoms with van der Waals surface area (Å²) in [4.78, 5) is 0. The van der Waals surface area contributed by atoms with E-state index in [1.54, 1.807) is 11.3 Å². The Morgan fingerprint density at radius 2 is 2.25 bits per heavy atom. The molecule has 0 radical (unpaired) electrons. The molecular weight excluding hydrogens is 208 g/mol. The second-order valence-corrected chi connectivity index (χ2v) is 4.22. The van der Waals surface area contributed by atoms with Gasteiger partial charge in [0.05, 0.1) is 0 Å². The van der Waals surface area contributed by atoms with Crippen LogP contribution >= 0.6 is 35.6 Å². The van der Waals surface area contributed by atoms with Crippen LogP contribution in [-0.2, 0) is 5.75 Å². The van der Waals surface area contributed by atoms with Crippen molar-refractivity contribution in [1.29, 1.82) is 0 Å². The van der Waals surface area contributed by atoms with E-state index in [0.717, 1.165) is 10.8 Å². The lowest BCUT2D eigenvalue weighted by Gasteiger charge is -1.93. The summed E-state index contributed by atoms with van der Waals surface area (Å²) in [6, 6.07) is 5.97. The summed E-state index contributed by atoms with van der Waals surface area (Å²) in [7, 11) is 0. The van der Waals surface area contributed by atoms with Gasteiger partial charge in [0.25, 0.3) is 0 Å². The van der Waals surface area contributed by atoms with Crippen LogP contribution in [0.15, 0.2) is 23.6 Å². The Bertz CT molecular complexity index is 406. The average Bonchev–Trinajstić information content (AvgIpc) is 2.46. The fourth-order valence-corrected chi connectivity index (χ4v) is 2.80. The maximum absolute atomic E-state index is 5.86. The lowest BCUT2D eigenvalue weighted by Crippen LogP contribution is -1.71. The van der Waals surface area contributed by atoms with Crippen LogP contribution in [0.4, 0.5) is 0 Å². The third kappa shape index (κ3) is 1.35. The highest BCUT2D eigenvalue weighted by atomic mass is 35.5. The summed E-state index contributed by atoms with van der Waals surface area (Å²) in [6.45, 7) is 0. The Labute approximate surface area is 85.6 Å². The molecule has 0 nitrogen and oxygen atoms in total. The predicted octanol–water partition coefficient (Wildman–Crippen LogP) is 3.98. The van der Waals surface area contributed by atoms with Gasteiger partial charge in [0.2, 0.25) is 0 Å². The van der Waals surface area contributed by atoms with Crippen LogP contribution in [-0.4, -0.2) is 0 Å². The van der Waals surface area contributed by atoms with Crippen LogP contribution in [0.5, 0.6) is 0 Å². The van der Waals surface area contributed by atoms with E-state index in [0.29, 0.717) is 0 Å². The van der Waals surface area contributed by atoms with Gasteiger partial charge in [-0.25, -0.2) is 0 Å². The van der Waals surface area contributed by atoms with Crippen LogP contribution in [0.25, 0.3) is 10.1 Å². The molecule has 0 fully saturated rings. The fraction of sp³-hybridized carbons (Fsp3) is 0.111. The van der Waals surface area contributed by atoms with Crippen molar-refractivity contribution in [2.75, 3.05) is 0 Å². The SMILES string of the molecule is SCc1csc2cc(Cl)ccc12. The van der Waals surface area contributed by atoms with E-state index in [4.69, 9.17) is 11.6 Å². The molecule has 1 aromatic heterocycles. The Hall–Kier alpha value is -0.180. The quantitative estimate of drug-likeness (QED) is 0.682. The van der Waals surface area contributed by atoms with E-state index in [1.807, 2.05) is 12.1 Å². The zero-order valence-corrected chi connectivity index (χ0v) is 8.72. The molecule has 0 atom stereocenters. The first-order valence-electron chi connectivity index (χ1n) is 3.58. The summed E-state index contributed by atoms with van der Waals surface area (Å²) in [5, 5.41) is 4.21. The van der Waals surface area contributed by atoms with Gasteiger partial charge in [-0.05, 0) is 28.5 Å². The first kappa shape index (κ1) is 8.42. The number of halogens is 1. The molecule has 0 unspecified atom stereocenters. The highest BCUT2D eigenvalue weighted by Gasteiger charge is 2.01. The molecule has 0 spiro atoms. The number of benzene rings is 1. The predicted molar refractivity (Wildman–Crippen MR) is 59.5 cm³/mol. The van der Waals surface area contributed by atoms with Gasteiger partial charge < -0.3 is 0 Å². The second-order valence-electron chi connectivity index (χ2n) is 2.56. The lowest BCUT2D eigenvalue weighted by molar-refractivity contribution is 1.53. The van der Waals surface area contributed by atoms with Crippen molar-refractivity contribution in [1.82, 2.24) is 0 Å². The number of fused-ring (bicyclic) bond motifs is 1. The molecule has 0 amide bonds. The molecule has 0 bridgehead atoms. The molecule has 0 aliphatic rings. The highest BCUT2D eigenvalue weighted by molar-refractivity contribution is 7.79. The Morgan fingerprint density at radius 1 is 1.42 bits per heavy atom. The minimum absolute atomic E-state index is 0.793. The molecule has 0 N–H and O–H groups in total. The van der Waals surface area contributed by atoms with E-state index in [2.05, 4.69) is 24.1 Å². The third-order valence-corrected chi connectivity index (χ3v) is 3.36. The van der Waals surface area contributed by atoms with E-state index in [9.17, 15) is 0 Å². The van der Waals surface area contributed by atoms with Crippen LogP contribution in [0, 0.1) is 0 Å². The lowest BCUT2D eigenvalue weighted by atomic mass is 10.2. The molecule has 0 saturated carbocycles. The standard InChI is InChI=1S/C9H7ClS2/c10-7-1-2-8-6(4-11)5-12-9(8)3-7/h1-3,5,11H,4H2. The van der Waals surface area contributed by atoms with Gasteiger partial charge in [-0.3, -0.25) is 0 Å². The van der Waals surface area contributed by atoms with Gasteiger partial charge in [-0.1, -0.05) is 17.7 Å². The second kappa shape index (κ2) is 3.29. The monoisotopic (exact) mass is 214 g/mol. The van der Waals surface area contributed by atoms with Gasteiger partial charge in [-0.15, -0.1) is 11.3 Å². The molecule has 0 aliphatic carbocycles. The van der Waals surface area contributed by atoms with Crippen LogP contribution < -0.4 is 0 Å². The van der Waals surface area contributed by atoms with Crippen molar-refractivity contribution in [2.45, 2.75) is 5.75 Å². The van der Waals surface area contributed by atoms with Crippen LogP contribution in [0.2, 0.25) is 5.02 Å². The fourth-order valence-electron chi connectivity index (χ4n) is 1.18. The molecule has 0 saturated heterocycles. The summed E-state index contributed by atoms with van der Waals surface area (Å²) >= 11 is 11.8. The molecule has 2 rings (SSSR count). The molecule has 12 heavy (non-hydrogen) atoms. The Kier molecular flexibility index (Phi) is 2.31. The van der Waals surface area contributed by atoms with Crippen molar-refractivity contribution in [3.63, 3.8) is 0 Å². The summed E-state index contributed by atoms with van der Waals surface area (Å²) in [5.74, 6) is 0.793. The Balaban J connectivity index is 2.73. The summed E-state index contributed by atoms with van der Waals surface area (Å²) in [5.41, 5.74) is 1.29.